The van der Waals surface area contributed by atoms with E-state index in [1.54, 1.807) is 12.1 Å². The van der Waals surface area contributed by atoms with E-state index in [9.17, 15) is 18.0 Å². The largest absolute Gasteiger partial charge is 0.298 e. The monoisotopic (exact) mass is 433 g/mol. The minimum Gasteiger partial charge on any atom is -0.272 e. The van der Waals surface area contributed by atoms with Gasteiger partial charge in [-0.1, -0.05) is 46.9 Å². The van der Waals surface area contributed by atoms with Gasteiger partial charge in [0.1, 0.15) is 4.90 Å². The number of hydrogen-bond donors (Lipinski definition) is 0. The van der Waals surface area contributed by atoms with Gasteiger partial charge in [0, 0.05) is 0 Å². The van der Waals surface area contributed by atoms with Crippen molar-refractivity contribution >= 4 is 56.7 Å². The van der Waals surface area contributed by atoms with Crippen LogP contribution in [0.3, 0.4) is 0 Å². The number of amides is 2. The maximum absolute atomic E-state index is 12.3. The van der Waals surface area contributed by atoms with Crippen LogP contribution in [0.4, 0.5) is 0 Å². The molecule has 0 fully saturated rings. The Morgan fingerprint density at radius 2 is 1.42 bits per heavy atom. The van der Waals surface area contributed by atoms with Gasteiger partial charge in [-0.2, -0.15) is 8.42 Å². The lowest BCUT2D eigenvalue weighted by molar-refractivity contribution is 0.0632. The molecule has 0 atom stereocenters. The summed E-state index contributed by atoms with van der Waals surface area (Å²) >= 11 is 17.5. The molecule has 2 aromatic carbocycles. The van der Waals surface area contributed by atoms with E-state index in [0.29, 0.717) is 0 Å². The van der Waals surface area contributed by atoms with Crippen LogP contribution in [0.25, 0.3) is 0 Å². The fourth-order valence-corrected chi connectivity index (χ4v) is 4.32. The lowest BCUT2D eigenvalue weighted by atomic mass is 10.1. The summed E-state index contributed by atoms with van der Waals surface area (Å²) in [4.78, 5) is 25.0. The molecular weight excluding hydrogens is 425 g/mol. The average Bonchev–Trinajstić information content (AvgIpc) is 2.83. The minimum atomic E-state index is -4.25. The van der Waals surface area contributed by atoms with Crippen LogP contribution in [0.1, 0.15) is 20.7 Å². The van der Waals surface area contributed by atoms with Gasteiger partial charge in [-0.3, -0.25) is 18.7 Å². The van der Waals surface area contributed by atoms with E-state index in [0.717, 1.165) is 11.0 Å². The number of hydrogen-bond acceptors (Lipinski definition) is 5. The summed E-state index contributed by atoms with van der Waals surface area (Å²) in [6.45, 7) is -0.658. The van der Waals surface area contributed by atoms with E-state index in [1.165, 1.54) is 18.2 Å². The summed E-state index contributed by atoms with van der Waals surface area (Å²) in [5, 5.41) is -0.0552. The Morgan fingerprint density at radius 3 is 2.00 bits per heavy atom. The highest BCUT2D eigenvalue weighted by Gasteiger charge is 2.35. The molecule has 0 radical (unpaired) electrons. The first kappa shape index (κ1) is 19.1. The molecule has 136 valence electrons. The molecule has 2 amide bonds. The molecule has 0 aliphatic carbocycles. The molecular formula is C16H10Cl3NO5S. The molecule has 1 heterocycles. The molecule has 0 unspecified atom stereocenters. The second kappa shape index (κ2) is 7.17. The first-order valence-corrected chi connectivity index (χ1v) is 9.76. The van der Waals surface area contributed by atoms with Gasteiger partial charge in [-0.15, -0.1) is 0 Å². The maximum atomic E-state index is 12.3. The lowest BCUT2D eigenvalue weighted by Crippen LogP contribution is -2.33. The number of nitrogens with zero attached hydrogens (tertiary/aromatic N) is 1. The van der Waals surface area contributed by atoms with E-state index >= 15 is 0 Å². The molecule has 0 saturated heterocycles. The lowest BCUT2D eigenvalue weighted by Gasteiger charge is -2.14. The molecule has 6 nitrogen and oxygen atoms in total. The number of rotatable bonds is 5. The van der Waals surface area contributed by atoms with E-state index < -0.39 is 28.5 Å². The van der Waals surface area contributed by atoms with Crippen molar-refractivity contribution in [3.63, 3.8) is 0 Å². The van der Waals surface area contributed by atoms with Gasteiger partial charge in [0.2, 0.25) is 0 Å². The van der Waals surface area contributed by atoms with Gasteiger partial charge in [0.25, 0.3) is 21.9 Å². The zero-order chi connectivity index (χ0) is 19.1. The third kappa shape index (κ3) is 3.45. The highest BCUT2D eigenvalue weighted by atomic mass is 35.5. The van der Waals surface area contributed by atoms with Crippen molar-refractivity contribution in [2.75, 3.05) is 13.2 Å². The van der Waals surface area contributed by atoms with Gasteiger partial charge in [-0.05, 0) is 24.3 Å². The highest BCUT2D eigenvalue weighted by Crippen LogP contribution is 2.32. The van der Waals surface area contributed by atoms with Crippen molar-refractivity contribution in [1.29, 1.82) is 0 Å². The van der Waals surface area contributed by atoms with Crippen LogP contribution in [0.15, 0.2) is 41.3 Å². The van der Waals surface area contributed by atoms with Crippen molar-refractivity contribution in [2.45, 2.75) is 4.90 Å². The minimum absolute atomic E-state index is 0.00131. The predicted octanol–water partition coefficient (Wildman–Crippen LogP) is 3.65. The van der Waals surface area contributed by atoms with Gasteiger partial charge < -0.3 is 0 Å². The van der Waals surface area contributed by atoms with Crippen LogP contribution < -0.4 is 0 Å². The summed E-state index contributed by atoms with van der Waals surface area (Å²) in [5.41, 5.74) is 0.542. The molecule has 0 aromatic heterocycles. The van der Waals surface area contributed by atoms with E-state index in [2.05, 4.69) is 0 Å². The normalized spacial score (nSPS) is 14.0. The van der Waals surface area contributed by atoms with Crippen LogP contribution in [0.5, 0.6) is 0 Å². The Labute approximate surface area is 164 Å². The highest BCUT2D eigenvalue weighted by molar-refractivity contribution is 7.86. The Balaban J connectivity index is 1.72. The van der Waals surface area contributed by atoms with Crippen molar-refractivity contribution in [2.24, 2.45) is 0 Å². The third-order valence-electron chi connectivity index (χ3n) is 3.68. The zero-order valence-electron chi connectivity index (χ0n) is 12.9. The molecule has 0 spiro atoms. The van der Waals surface area contributed by atoms with Crippen LogP contribution >= 0.6 is 34.8 Å². The molecule has 3 rings (SSSR count). The zero-order valence-corrected chi connectivity index (χ0v) is 16.0. The molecule has 0 bridgehead atoms. The fraction of sp³-hybridized carbons (Fsp3) is 0.125. The molecule has 1 aliphatic rings. The number of carbonyl (C=O) groups excluding carboxylic acids is 2. The van der Waals surface area contributed by atoms with Gasteiger partial charge in [0.15, 0.2) is 0 Å². The summed E-state index contributed by atoms with van der Waals surface area (Å²) in [6, 6.07) is 8.60. The molecule has 0 N–H and O–H groups in total. The topological polar surface area (TPSA) is 80.8 Å². The van der Waals surface area contributed by atoms with Crippen molar-refractivity contribution < 1.29 is 22.2 Å². The van der Waals surface area contributed by atoms with E-state index in [1.807, 2.05) is 0 Å². The Kier molecular flexibility index (Phi) is 5.28. The summed E-state index contributed by atoms with van der Waals surface area (Å²) in [5.74, 6) is -1.00. The first-order chi connectivity index (χ1) is 12.2. The quantitative estimate of drug-likeness (QED) is 0.408. The fourth-order valence-electron chi connectivity index (χ4n) is 2.44. The van der Waals surface area contributed by atoms with Gasteiger partial charge in [-0.25, -0.2) is 0 Å². The summed E-state index contributed by atoms with van der Waals surface area (Å²) in [7, 11) is -4.25. The van der Waals surface area contributed by atoms with Crippen LogP contribution in [0, 0.1) is 0 Å². The standard InChI is InChI=1S/C16H10Cl3NO5S/c17-11-7-13(19)14(8-12(11)18)26(23,24)25-6-5-20-15(21)9-3-1-2-4-10(9)16(20)22/h1-4,7-8H,5-6H2. The second-order valence-corrected chi connectivity index (χ2v) is 8.09. The van der Waals surface area contributed by atoms with Crippen molar-refractivity contribution in [3.05, 3.63) is 62.6 Å². The number of fused-ring (bicyclic) bond motifs is 1. The summed E-state index contributed by atoms with van der Waals surface area (Å²) < 4.78 is 29.4. The molecule has 0 saturated carbocycles. The number of benzene rings is 2. The summed E-state index contributed by atoms with van der Waals surface area (Å²) in [6.07, 6.45) is 0. The van der Waals surface area contributed by atoms with Crippen LogP contribution in [-0.4, -0.2) is 38.3 Å². The van der Waals surface area contributed by atoms with Crippen LogP contribution in [-0.2, 0) is 14.3 Å². The average molecular weight is 435 g/mol. The Morgan fingerprint density at radius 1 is 0.885 bits per heavy atom. The Hall–Kier alpha value is -1.64. The Bertz CT molecular complexity index is 988. The van der Waals surface area contributed by atoms with E-state index in [-0.39, 0.29) is 37.6 Å². The SMILES string of the molecule is O=C1c2ccccc2C(=O)N1CCOS(=O)(=O)c1cc(Cl)c(Cl)cc1Cl. The number of carbonyl (C=O) groups is 2. The molecule has 1 aliphatic heterocycles. The maximum Gasteiger partial charge on any atom is 0.298 e. The van der Waals surface area contributed by atoms with E-state index in [4.69, 9.17) is 39.0 Å². The third-order valence-corrected chi connectivity index (χ3v) is 6.18. The smallest absolute Gasteiger partial charge is 0.272 e. The van der Waals surface area contributed by atoms with Gasteiger partial charge in [0.05, 0.1) is 39.3 Å². The van der Waals surface area contributed by atoms with Crippen molar-refractivity contribution in [3.8, 4) is 0 Å². The molecule has 10 heteroatoms. The van der Waals surface area contributed by atoms with Gasteiger partial charge >= 0.3 is 0 Å². The second-order valence-electron chi connectivity index (χ2n) is 5.28. The number of imide groups is 1. The van der Waals surface area contributed by atoms with Crippen LogP contribution in [0.2, 0.25) is 15.1 Å². The van der Waals surface area contributed by atoms with Crippen molar-refractivity contribution in [1.82, 2.24) is 4.90 Å². The molecule has 2 aromatic rings. The number of halogens is 3. The first-order valence-electron chi connectivity index (χ1n) is 7.21. The predicted molar refractivity (Wildman–Crippen MR) is 96.4 cm³/mol. The molecule has 26 heavy (non-hydrogen) atoms.